The van der Waals surface area contributed by atoms with E-state index in [1.807, 2.05) is 126 Å². The summed E-state index contributed by atoms with van der Waals surface area (Å²) >= 11 is 0. The van der Waals surface area contributed by atoms with Crippen molar-refractivity contribution in [3.63, 3.8) is 0 Å². The predicted molar refractivity (Wildman–Crippen MR) is 297 cm³/mol. The summed E-state index contributed by atoms with van der Waals surface area (Å²) in [4.78, 5) is 64.1. The fraction of sp³-hybridized carbons (Fsp3) is 0.596. The van der Waals surface area contributed by atoms with Gasteiger partial charge in [-0.15, -0.1) is 0 Å². The summed E-state index contributed by atoms with van der Waals surface area (Å²) in [6.45, 7) is 27.5. The maximum atomic E-state index is 13.4. The van der Waals surface area contributed by atoms with Gasteiger partial charge in [0, 0.05) is 43.9 Å². The van der Waals surface area contributed by atoms with Gasteiger partial charge < -0.3 is 34.3 Å². The van der Waals surface area contributed by atoms with Crippen molar-refractivity contribution in [2.75, 3.05) is 39.3 Å². The highest BCUT2D eigenvalue weighted by Crippen LogP contribution is 2.60. The van der Waals surface area contributed by atoms with Crippen LogP contribution in [0.2, 0.25) is 0 Å². The lowest BCUT2D eigenvalue weighted by molar-refractivity contribution is -0.159. The lowest BCUT2D eigenvalue weighted by atomic mass is 10.1. The van der Waals surface area contributed by atoms with Crippen LogP contribution in [0.25, 0.3) is 0 Å². The number of nitrogens with two attached hydrogens (primary N) is 1. The summed E-state index contributed by atoms with van der Waals surface area (Å²) in [5.41, 5.74) is 2.64. The second-order valence-corrected chi connectivity index (χ2v) is 28.2. The van der Waals surface area contributed by atoms with Gasteiger partial charge in [0.05, 0.1) is 6.54 Å². The Morgan fingerprint density at radius 2 is 0.873 bits per heavy atom. The number of rotatable bonds is 12. The largest absolute Gasteiger partial charge is 0.459 e. The van der Waals surface area contributed by atoms with Crippen molar-refractivity contribution in [3.05, 3.63) is 108 Å². The summed E-state index contributed by atoms with van der Waals surface area (Å²) in [5, 5.41) is 0. The van der Waals surface area contributed by atoms with Crippen molar-refractivity contribution in [3.8, 4) is 0 Å². The molecule has 8 rings (SSSR count). The van der Waals surface area contributed by atoms with E-state index in [4.69, 9.17) is 29.4 Å². The third-order valence-corrected chi connectivity index (χ3v) is 17.5. The zero-order valence-corrected chi connectivity index (χ0v) is 50.0. The lowest BCUT2D eigenvalue weighted by Gasteiger charge is -2.36. The molecule has 2 heterocycles. The number of nitrogens with one attached hydrogen (secondary N) is 2. The SMILES string of the molecule is C[C@H]1C(c2ccccc2)[C@]1(N)C(=O)OC(C)(C)C.C[C@H]1C(c2ccccc2)[C@]1(NS(=O)(=O)N1CCN(C(=O)OC(C)(C)C)CC1)C(=O)OC(C)(C)C.C[C@H]1C(c2ccccc2)[C@]1(NS(=O)(=O)N1CCOC1=O)C(=O)OC(C)(C)C. The number of ether oxygens (including phenoxy) is 5. The second-order valence-electron chi connectivity index (χ2n) is 25.0. The lowest BCUT2D eigenvalue weighted by Crippen LogP contribution is -2.58. The Kier molecular flexibility index (Phi) is 18.0. The third-order valence-electron chi connectivity index (χ3n) is 14.4. The maximum Gasteiger partial charge on any atom is 0.424 e. The molecule has 20 nitrogen and oxygen atoms in total. The van der Waals surface area contributed by atoms with Gasteiger partial charge in [-0.25, -0.2) is 19.2 Å². The summed E-state index contributed by atoms with van der Waals surface area (Å²) in [6.07, 6.45) is -1.42. The fourth-order valence-corrected chi connectivity index (χ4v) is 13.5. The van der Waals surface area contributed by atoms with E-state index in [0.717, 1.165) is 16.7 Å². The normalized spacial score (nSPS) is 27.9. The molecule has 3 saturated carbocycles. The van der Waals surface area contributed by atoms with Crippen LogP contribution in [-0.4, -0.2) is 139 Å². The maximum absolute atomic E-state index is 13.4. The van der Waals surface area contributed by atoms with Crippen molar-refractivity contribution in [1.29, 1.82) is 0 Å². The smallest absolute Gasteiger partial charge is 0.424 e. The molecule has 3 aromatic rings. The molecule has 3 unspecified atom stereocenters. The average Bonchev–Trinajstić information content (AvgIpc) is 3.41. The van der Waals surface area contributed by atoms with Crippen LogP contribution in [0.5, 0.6) is 0 Å². The molecule has 2 aliphatic heterocycles. The van der Waals surface area contributed by atoms with Gasteiger partial charge >= 0.3 is 40.3 Å². The van der Waals surface area contributed by atoms with Gasteiger partial charge in [-0.05, 0) is 118 Å². The molecule has 0 radical (unpaired) electrons. The molecule has 3 aromatic carbocycles. The van der Waals surface area contributed by atoms with E-state index < -0.39 is 89.5 Å². The Bertz CT molecular complexity index is 2920. The van der Waals surface area contributed by atoms with E-state index in [1.165, 1.54) is 9.21 Å². The monoisotopic (exact) mass is 1140 g/mol. The number of benzene rings is 3. The van der Waals surface area contributed by atoms with E-state index in [2.05, 4.69) is 9.44 Å². The topological polar surface area (TPSA) is 260 Å². The minimum Gasteiger partial charge on any atom is -0.459 e. The first-order valence-electron chi connectivity index (χ1n) is 26.7. The number of cyclic esters (lactones) is 1. The number of carbonyl (C=O) groups excluding carboxylic acids is 5. The summed E-state index contributed by atoms with van der Waals surface area (Å²) < 4.78 is 86.2. The van der Waals surface area contributed by atoms with Crippen LogP contribution in [-0.2, 0) is 58.5 Å². The van der Waals surface area contributed by atoms with Crippen LogP contribution in [0.1, 0.15) is 138 Å². The van der Waals surface area contributed by atoms with Crippen molar-refractivity contribution < 1.29 is 64.5 Å². The van der Waals surface area contributed by atoms with E-state index >= 15 is 0 Å². The molecule has 3 aliphatic carbocycles. The summed E-state index contributed by atoms with van der Waals surface area (Å²) in [6, 6.07) is 28.5. The fourth-order valence-electron chi connectivity index (χ4n) is 10.4. The minimum absolute atomic E-state index is 0.0170. The molecular formula is C57H82N6O14S2. The average molecular weight is 1140 g/mol. The second kappa shape index (κ2) is 22.7. The van der Waals surface area contributed by atoms with E-state index in [-0.39, 0.29) is 74.9 Å². The highest BCUT2D eigenvalue weighted by molar-refractivity contribution is 7.87. The molecule has 5 fully saturated rings. The van der Waals surface area contributed by atoms with Gasteiger partial charge in [0.2, 0.25) is 0 Å². The predicted octanol–water partition coefficient (Wildman–Crippen LogP) is 7.13. The van der Waals surface area contributed by atoms with Gasteiger partial charge in [0.1, 0.15) is 45.6 Å². The summed E-state index contributed by atoms with van der Waals surface area (Å²) in [5.74, 6) is -2.74. The van der Waals surface area contributed by atoms with Gasteiger partial charge in [-0.2, -0.15) is 34.9 Å². The number of carbonyl (C=O) groups is 5. The zero-order chi connectivity index (χ0) is 59.1. The Morgan fingerprint density at radius 3 is 1.23 bits per heavy atom. The van der Waals surface area contributed by atoms with Crippen LogP contribution < -0.4 is 15.2 Å². The molecule has 436 valence electrons. The van der Waals surface area contributed by atoms with Crippen molar-refractivity contribution in [1.82, 2.24) is 23.0 Å². The van der Waals surface area contributed by atoms with Gasteiger partial charge in [0.25, 0.3) is 10.2 Å². The van der Waals surface area contributed by atoms with E-state index in [1.54, 1.807) is 69.2 Å². The molecule has 9 atom stereocenters. The van der Waals surface area contributed by atoms with Gasteiger partial charge in [-0.3, -0.25) is 4.79 Å². The third kappa shape index (κ3) is 14.3. The number of amides is 2. The molecule has 0 aromatic heterocycles. The molecule has 0 spiro atoms. The van der Waals surface area contributed by atoms with Crippen LogP contribution in [0, 0.1) is 17.8 Å². The molecular weight excluding hydrogens is 1060 g/mol. The molecule has 4 N–H and O–H groups in total. The van der Waals surface area contributed by atoms with Crippen LogP contribution in [0.3, 0.4) is 0 Å². The van der Waals surface area contributed by atoms with Crippen molar-refractivity contribution in [2.24, 2.45) is 23.5 Å². The van der Waals surface area contributed by atoms with Crippen LogP contribution >= 0.6 is 0 Å². The quantitative estimate of drug-likeness (QED) is 0.120. The van der Waals surface area contributed by atoms with Crippen molar-refractivity contribution in [2.45, 2.75) is 161 Å². The summed E-state index contributed by atoms with van der Waals surface area (Å²) in [7, 11) is -8.30. The highest BCUT2D eigenvalue weighted by atomic mass is 32.2. The van der Waals surface area contributed by atoms with E-state index in [0.29, 0.717) is 4.31 Å². The molecule has 79 heavy (non-hydrogen) atoms. The number of piperazine rings is 1. The van der Waals surface area contributed by atoms with Crippen molar-refractivity contribution >= 4 is 50.5 Å². The first kappa shape index (κ1) is 62.5. The zero-order valence-electron chi connectivity index (χ0n) is 48.3. The first-order valence-corrected chi connectivity index (χ1v) is 29.6. The minimum atomic E-state index is -4.27. The highest BCUT2D eigenvalue weighted by Gasteiger charge is 2.73. The van der Waals surface area contributed by atoms with E-state index in [9.17, 15) is 40.8 Å². The Balaban J connectivity index is 0.000000200. The standard InChI is InChI=1S/C24H37N3O6S.C18H24N2O6S.C15H21NO2/c1-17-19(18-11-9-8-10-12-18)24(17,20(28)32-22(2,3)4)25-34(30,31)27-15-13-26(14-16-27)21(29)33-23(5,6)7;1-12-14(13-8-6-5-7-9-13)18(12,15(21)26-17(2,3)4)19-27(23,24)20-10-11-25-16(20)22;1-10-12(11-8-6-5-7-9-11)15(10,16)13(17)18-14(2,3)4/h8-12,17,19,25H,13-16H2,1-7H3;5-9,12,14,19H,10-11H2,1-4H3;5-10,12H,16H2,1-4H3/t17-,19?,24-;12-,14?,18-;10-,12?,15-/m000/s1. The Labute approximate surface area is 467 Å². The number of hydrogen-bond donors (Lipinski definition) is 3. The van der Waals surface area contributed by atoms with Crippen LogP contribution in [0.15, 0.2) is 91.0 Å². The Hall–Kier alpha value is -5.65. The van der Waals surface area contributed by atoms with Gasteiger partial charge in [0.15, 0.2) is 0 Å². The number of hydrogen-bond acceptors (Lipinski definition) is 15. The van der Waals surface area contributed by atoms with Gasteiger partial charge in [-0.1, -0.05) is 112 Å². The molecule has 2 amide bonds. The first-order chi connectivity index (χ1) is 36.3. The van der Waals surface area contributed by atoms with Crippen LogP contribution in [0.4, 0.5) is 9.59 Å². The Morgan fingerprint density at radius 1 is 0.519 bits per heavy atom. The molecule has 2 saturated heterocycles. The number of nitrogens with zero attached hydrogens (tertiary/aromatic N) is 3. The molecule has 0 bridgehead atoms. The molecule has 22 heteroatoms. The number of esters is 3. The molecule has 5 aliphatic rings.